The van der Waals surface area contributed by atoms with Crippen LogP contribution in [0.2, 0.25) is 0 Å². The summed E-state index contributed by atoms with van der Waals surface area (Å²) in [6, 6.07) is 6.72. The first-order valence-electron chi connectivity index (χ1n) is 4.81. The smallest absolute Gasteiger partial charge is 0.247 e. The van der Waals surface area contributed by atoms with Gasteiger partial charge in [-0.05, 0) is 29.7 Å². The van der Waals surface area contributed by atoms with E-state index in [0.29, 0.717) is 5.75 Å². The monoisotopic (exact) mass is 273 g/mol. The Kier molecular flexibility index (Phi) is 3.34. The lowest BCUT2D eigenvalue weighted by Crippen LogP contribution is -2.09. The highest BCUT2D eigenvalue weighted by Crippen LogP contribution is 2.30. The molecule has 0 atom stereocenters. The summed E-state index contributed by atoms with van der Waals surface area (Å²) in [4.78, 5) is 0. The van der Waals surface area contributed by atoms with Gasteiger partial charge in [0.05, 0.1) is 6.61 Å². The second-order valence-electron chi connectivity index (χ2n) is 3.38. The van der Waals surface area contributed by atoms with Gasteiger partial charge in [0, 0.05) is 4.70 Å². The normalized spacial score (nSPS) is 11.9. The van der Waals surface area contributed by atoms with Gasteiger partial charge < -0.3 is 9.84 Å². The molecule has 0 amide bonds. The molecule has 2 aromatic rings. The lowest BCUT2D eigenvalue weighted by atomic mass is 10.2. The zero-order chi connectivity index (χ0) is 12.5. The van der Waals surface area contributed by atoms with E-state index in [1.165, 1.54) is 6.07 Å². The van der Waals surface area contributed by atoms with Crippen LogP contribution in [-0.2, 0) is 10.0 Å². The molecule has 0 bridgehead atoms. The van der Waals surface area contributed by atoms with E-state index in [9.17, 15) is 8.42 Å². The molecule has 0 radical (unpaired) electrons. The number of ether oxygens (including phenoxy) is 1. The van der Waals surface area contributed by atoms with Gasteiger partial charge in [-0.25, -0.2) is 13.6 Å². The Hall–Kier alpha value is -1.15. The van der Waals surface area contributed by atoms with Crippen LogP contribution in [0.1, 0.15) is 0 Å². The van der Waals surface area contributed by atoms with Gasteiger partial charge in [-0.1, -0.05) is 0 Å². The molecule has 1 heterocycles. The number of hydrogen-bond acceptors (Lipinski definition) is 5. The summed E-state index contributed by atoms with van der Waals surface area (Å²) in [6.07, 6.45) is 0. The lowest BCUT2D eigenvalue weighted by Gasteiger charge is -2.02. The molecule has 0 aliphatic rings. The fraction of sp³-hybridized carbons (Fsp3) is 0.200. The number of hydrogen-bond donors (Lipinski definition) is 2. The van der Waals surface area contributed by atoms with E-state index >= 15 is 0 Å². The molecule has 0 spiro atoms. The number of rotatable bonds is 4. The Labute approximate surface area is 102 Å². The van der Waals surface area contributed by atoms with Gasteiger partial charge in [-0.15, -0.1) is 11.3 Å². The highest BCUT2D eigenvalue weighted by molar-refractivity contribution is 7.91. The van der Waals surface area contributed by atoms with Crippen LogP contribution in [-0.4, -0.2) is 26.7 Å². The summed E-state index contributed by atoms with van der Waals surface area (Å²) < 4.78 is 28.6. The zero-order valence-electron chi connectivity index (χ0n) is 8.79. The van der Waals surface area contributed by atoms with Gasteiger partial charge in [0.2, 0.25) is 10.0 Å². The number of nitrogens with two attached hydrogens (primary N) is 1. The van der Waals surface area contributed by atoms with Crippen molar-refractivity contribution in [2.75, 3.05) is 13.2 Å². The Balaban J connectivity index is 2.41. The first-order chi connectivity index (χ1) is 8.00. The van der Waals surface area contributed by atoms with Crippen molar-refractivity contribution in [1.82, 2.24) is 0 Å². The van der Waals surface area contributed by atoms with E-state index in [1.807, 2.05) is 0 Å². The molecule has 0 fully saturated rings. The van der Waals surface area contributed by atoms with Gasteiger partial charge >= 0.3 is 0 Å². The summed E-state index contributed by atoms with van der Waals surface area (Å²) in [5, 5.41) is 14.4. The number of sulfonamides is 1. The quantitative estimate of drug-likeness (QED) is 0.866. The summed E-state index contributed by atoms with van der Waals surface area (Å²) >= 11 is 1.12. The van der Waals surface area contributed by atoms with E-state index in [2.05, 4.69) is 0 Å². The van der Waals surface area contributed by atoms with Crippen molar-refractivity contribution in [3.63, 3.8) is 0 Å². The Morgan fingerprint density at radius 3 is 2.76 bits per heavy atom. The van der Waals surface area contributed by atoms with Crippen molar-refractivity contribution in [3.05, 3.63) is 24.3 Å². The van der Waals surface area contributed by atoms with Crippen LogP contribution in [0.3, 0.4) is 0 Å². The number of aliphatic hydroxyl groups is 1. The SMILES string of the molecule is NS(=O)(=O)c1cc2cc(OCCO)ccc2s1. The standard InChI is InChI=1S/C10H11NO4S2/c11-17(13,14)10-6-7-5-8(15-4-3-12)1-2-9(7)16-10/h1-2,5-6,12H,3-4H2,(H2,11,13,14). The number of aliphatic hydroxyl groups excluding tert-OH is 1. The summed E-state index contributed by atoms with van der Waals surface area (Å²) in [5.74, 6) is 0.588. The molecule has 0 aliphatic heterocycles. The van der Waals surface area contributed by atoms with Crippen LogP contribution in [0.15, 0.2) is 28.5 Å². The van der Waals surface area contributed by atoms with E-state index < -0.39 is 10.0 Å². The van der Waals surface area contributed by atoms with E-state index in [0.717, 1.165) is 21.4 Å². The molecule has 3 N–H and O–H groups in total. The van der Waals surface area contributed by atoms with Gasteiger partial charge in [-0.2, -0.15) is 0 Å². The molecular formula is C10H11NO4S2. The first-order valence-corrected chi connectivity index (χ1v) is 7.17. The zero-order valence-corrected chi connectivity index (χ0v) is 10.4. The molecule has 0 unspecified atom stereocenters. The van der Waals surface area contributed by atoms with Gasteiger partial charge in [0.15, 0.2) is 0 Å². The third kappa shape index (κ3) is 2.75. The minimum absolute atomic E-state index is 0.0654. The maximum absolute atomic E-state index is 11.2. The number of fused-ring (bicyclic) bond motifs is 1. The lowest BCUT2D eigenvalue weighted by molar-refractivity contribution is 0.201. The molecule has 7 heteroatoms. The average molecular weight is 273 g/mol. The van der Waals surface area contributed by atoms with Crippen molar-refractivity contribution >= 4 is 31.4 Å². The molecule has 92 valence electrons. The highest BCUT2D eigenvalue weighted by atomic mass is 32.2. The molecule has 17 heavy (non-hydrogen) atoms. The predicted octanol–water partition coefficient (Wildman–Crippen LogP) is 0.920. The predicted molar refractivity (Wildman–Crippen MR) is 65.8 cm³/mol. The minimum Gasteiger partial charge on any atom is -0.491 e. The molecule has 1 aromatic heterocycles. The topological polar surface area (TPSA) is 89.6 Å². The minimum atomic E-state index is -3.66. The fourth-order valence-corrected chi connectivity index (χ4v) is 3.19. The van der Waals surface area contributed by atoms with Crippen molar-refractivity contribution in [2.45, 2.75) is 4.21 Å². The number of primary sulfonamides is 1. The number of thiophene rings is 1. The van der Waals surface area contributed by atoms with E-state index in [4.69, 9.17) is 15.0 Å². The van der Waals surface area contributed by atoms with Crippen molar-refractivity contribution in [2.24, 2.45) is 5.14 Å². The Morgan fingerprint density at radius 2 is 2.12 bits per heavy atom. The molecule has 0 saturated carbocycles. The third-order valence-corrected chi connectivity index (χ3v) is 4.64. The van der Waals surface area contributed by atoms with Crippen LogP contribution >= 0.6 is 11.3 Å². The Bertz CT molecular complexity index is 633. The maximum Gasteiger partial charge on any atom is 0.247 e. The first kappa shape index (κ1) is 12.3. The molecule has 5 nitrogen and oxygen atoms in total. The molecule has 0 aliphatic carbocycles. The van der Waals surface area contributed by atoms with Crippen LogP contribution in [0.4, 0.5) is 0 Å². The van der Waals surface area contributed by atoms with Crippen LogP contribution in [0.5, 0.6) is 5.75 Å². The second-order valence-corrected chi connectivity index (χ2v) is 6.25. The highest BCUT2D eigenvalue weighted by Gasteiger charge is 2.12. The van der Waals surface area contributed by atoms with Crippen molar-refractivity contribution in [3.8, 4) is 5.75 Å². The van der Waals surface area contributed by atoms with E-state index in [1.54, 1.807) is 18.2 Å². The molecule has 0 saturated heterocycles. The Morgan fingerprint density at radius 1 is 1.35 bits per heavy atom. The largest absolute Gasteiger partial charge is 0.491 e. The van der Waals surface area contributed by atoms with Gasteiger partial charge in [0.1, 0.15) is 16.6 Å². The fourth-order valence-electron chi connectivity index (χ4n) is 1.39. The van der Waals surface area contributed by atoms with Crippen molar-refractivity contribution in [1.29, 1.82) is 0 Å². The summed E-state index contributed by atoms with van der Waals surface area (Å²) in [7, 11) is -3.66. The third-order valence-electron chi connectivity index (χ3n) is 2.11. The van der Waals surface area contributed by atoms with Gasteiger partial charge in [-0.3, -0.25) is 0 Å². The molecule has 2 rings (SSSR count). The summed E-state index contributed by atoms with van der Waals surface area (Å²) in [6.45, 7) is 0.141. The van der Waals surface area contributed by atoms with Crippen LogP contribution < -0.4 is 9.88 Å². The van der Waals surface area contributed by atoms with Crippen LogP contribution in [0, 0.1) is 0 Å². The molecule has 1 aromatic carbocycles. The maximum atomic E-state index is 11.2. The summed E-state index contributed by atoms with van der Waals surface area (Å²) in [5.41, 5.74) is 0. The second kappa shape index (κ2) is 4.61. The van der Waals surface area contributed by atoms with Crippen LogP contribution in [0.25, 0.3) is 10.1 Å². The molecular weight excluding hydrogens is 262 g/mol. The van der Waals surface area contributed by atoms with E-state index in [-0.39, 0.29) is 17.4 Å². The van der Waals surface area contributed by atoms with Gasteiger partial charge in [0.25, 0.3) is 0 Å². The average Bonchev–Trinajstić information content (AvgIpc) is 2.68. The van der Waals surface area contributed by atoms with Crippen molar-refractivity contribution < 1.29 is 18.3 Å². The number of benzene rings is 1.